The van der Waals surface area contributed by atoms with Crippen LogP contribution in [0.4, 0.5) is 10.5 Å². The number of nitrogens with one attached hydrogen (secondary N) is 1. The summed E-state index contributed by atoms with van der Waals surface area (Å²) in [7, 11) is 0. The lowest BCUT2D eigenvalue weighted by Gasteiger charge is -2.11. The van der Waals surface area contributed by atoms with E-state index in [1.165, 1.54) is 0 Å². The average Bonchev–Trinajstić information content (AvgIpc) is 2.30. The third kappa shape index (κ3) is 2.45. The molecular weight excluding hydrogens is 212 g/mol. The summed E-state index contributed by atoms with van der Waals surface area (Å²) >= 11 is 0. The van der Waals surface area contributed by atoms with Gasteiger partial charge in [0, 0.05) is 5.56 Å². The van der Waals surface area contributed by atoms with Gasteiger partial charge in [-0.05, 0) is 24.1 Å². The molecule has 3 nitrogen and oxygen atoms in total. The molecule has 0 aliphatic rings. The predicted octanol–water partition coefficient (Wildman–Crippen LogP) is 3.15. The number of carbonyl (C=O) groups is 1. The van der Waals surface area contributed by atoms with Crippen LogP contribution < -0.4 is 11.1 Å². The maximum Gasteiger partial charge on any atom is 0.316 e. The van der Waals surface area contributed by atoms with Crippen LogP contribution in [0.1, 0.15) is 5.56 Å². The van der Waals surface area contributed by atoms with Gasteiger partial charge in [0.25, 0.3) is 0 Å². The lowest BCUT2D eigenvalue weighted by molar-refractivity contribution is 0.259. The molecule has 2 rings (SSSR count). The van der Waals surface area contributed by atoms with Gasteiger partial charge in [0.1, 0.15) is 0 Å². The Bertz CT molecular complexity index is 549. The Morgan fingerprint density at radius 3 is 2.24 bits per heavy atom. The number of hydrogen-bond acceptors (Lipinski definition) is 1. The molecule has 2 amide bonds. The molecule has 3 heteroatoms. The highest BCUT2D eigenvalue weighted by Crippen LogP contribution is 2.29. The summed E-state index contributed by atoms with van der Waals surface area (Å²) in [5.41, 5.74) is 9.12. The van der Waals surface area contributed by atoms with Crippen LogP contribution >= 0.6 is 0 Å². The number of aryl methyl sites for hydroxylation is 1. The number of para-hydroxylation sites is 1. The minimum Gasteiger partial charge on any atom is -0.351 e. The summed E-state index contributed by atoms with van der Waals surface area (Å²) < 4.78 is 0. The largest absolute Gasteiger partial charge is 0.351 e. The maximum atomic E-state index is 10.9. The second kappa shape index (κ2) is 4.70. The smallest absolute Gasteiger partial charge is 0.316 e. The first-order valence-electron chi connectivity index (χ1n) is 5.40. The fourth-order valence-electron chi connectivity index (χ4n) is 1.83. The number of hydrogen-bond donors (Lipinski definition) is 2. The number of urea groups is 1. The van der Waals surface area contributed by atoms with Crippen molar-refractivity contribution in [1.82, 2.24) is 0 Å². The van der Waals surface area contributed by atoms with Crippen molar-refractivity contribution in [2.24, 2.45) is 5.73 Å². The standard InChI is InChI=1S/C14H14N2O/c1-10-6-2-3-7-11(10)12-8-4-5-9-13(12)16-14(15)17/h2-9H,1H3,(H3,15,16,17). The summed E-state index contributed by atoms with van der Waals surface area (Å²) in [5.74, 6) is 0. The molecular formula is C14H14N2O. The van der Waals surface area contributed by atoms with E-state index in [0.717, 1.165) is 22.4 Å². The lowest BCUT2D eigenvalue weighted by atomic mass is 9.99. The van der Waals surface area contributed by atoms with Gasteiger partial charge >= 0.3 is 6.03 Å². The summed E-state index contributed by atoms with van der Waals surface area (Å²) in [6.07, 6.45) is 0. The molecule has 0 fully saturated rings. The van der Waals surface area contributed by atoms with Crippen LogP contribution in [-0.2, 0) is 0 Å². The molecule has 2 aromatic carbocycles. The van der Waals surface area contributed by atoms with Gasteiger partial charge < -0.3 is 11.1 Å². The molecule has 0 atom stereocenters. The molecule has 0 spiro atoms. The zero-order chi connectivity index (χ0) is 12.3. The van der Waals surface area contributed by atoms with Crippen molar-refractivity contribution in [2.45, 2.75) is 6.92 Å². The Morgan fingerprint density at radius 2 is 1.59 bits per heavy atom. The predicted molar refractivity (Wildman–Crippen MR) is 69.8 cm³/mol. The Hall–Kier alpha value is -2.29. The summed E-state index contributed by atoms with van der Waals surface area (Å²) in [6, 6.07) is 15.1. The third-order valence-corrected chi connectivity index (χ3v) is 2.62. The SMILES string of the molecule is Cc1ccccc1-c1ccccc1NC(N)=O. The van der Waals surface area contributed by atoms with Crippen LogP contribution in [0.2, 0.25) is 0 Å². The first-order chi connectivity index (χ1) is 8.18. The van der Waals surface area contributed by atoms with Crippen molar-refractivity contribution < 1.29 is 4.79 Å². The highest BCUT2D eigenvalue weighted by Gasteiger charge is 2.07. The first kappa shape index (κ1) is 11.2. The van der Waals surface area contributed by atoms with Crippen LogP contribution in [0.5, 0.6) is 0 Å². The normalized spacial score (nSPS) is 9.94. The molecule has 3 N–H and O–H groups in total. The molecule has 0 aliphatic heterocycles. The van der Waals surface area contributed by atoms with Crippen molar-refractivity contribution in [2.75, 3.05) is 5.32 Å². The van der Waals surface area contributed by atoms with Crippen molar-refractivity contribution in [3.05, 3.63) is 54.1 Å². The van der Waals surface area contributed by atoms with Crippen LogP contribution in [0, 0.1) is 6.92 Å². The van der Waals surface area contributed by atoms with Crippen LogP contribution in [0.3, 0.4) is 0 Å². The van der Waals surface area contributed by atoms with Gasteiger partial charge in [-0.3, -0.25) is 0 Å². The van der Waals surface area contributed by atoms with E-state index >= 15 is 0 Å². The fourth-order valence-corrected chi connectivity index (χ4v) is 1.83. The Labute approximate surface area is 100 Å². The lowest BCUT2D eigenvalue weighted by Crippen LogP contribution is -2.19. The van der Waals surface area contributed by atoms with E-state index in [9.17, 15) is 4.79 Å². The Morgan fingerprint density at radius 1 is 1.00 bits per heavy atom. The van der Waals surface area contributed by atoms with Gasteiger partial charge in [-0.25, -0.2) is 4.79 Å². The second-order valence-electron chi connectivity index (χ2n) is 3.85. The highest BCUT2D eigenvalue weighted by atomic mass is 16.2. The maximum absolute atomic E-state index is 10.9. The number of benzene rings is 2. The van der Waals surface area contributed by atoms with Crippen molar-refractivity contribution in [3.8, 4) is 11.1 Å². The second-order valence-corrected chi connectivity index (χ2v) is 3.85. The van der Waals surface area contributed by atoms with Gasteiger partial charge in [-0.1, -0.05) is 42.5 Å². The van der Waals surface area contributed by atoms with Gasteiger partial charge in [0.15, 0.2) is 0 Å². The molecule has 2 aromatic rings. The summed E-state index contributed by atoms with van der Waals surface area (Å²) in [4.78, 5) is 10.9. The van der Waals surface area contributed by atoms with E-state index in [-0.39, 0.29) is 0 Å². The topological polar surface area (TPSA) is 55.1 Å². The fraction of sp³-hybridized carbons (Fsp3) is 0.0714. The number of amides is 2. The molecule has 0 heterocycles. The van der Waals surface area contributed by atoms with E-state index < -0.39 is 6.03 Å². The van der Waals surface area contributed by atoms with E-state index in [4.69, 9.17) is 5.73 Å². The molecule has 0 radical (unpaired) electrons. The molecule has 17 heavy (non-hydrogen) atoms. The number of rotatable bonds is 2. The quantitative estimate of drug-likeness (QED) is 0.812. The van der Waals surface area contributed by atoms with Crippen LogP contribution in [0.25, 0.3) is 11.1 Å². The van der Waals surface area contributed by atoms with Crippen molar-refractivity contribution in [3.63, 3.8) is 0 Å². The van der Waals surface area contributed by atoms with Gasteiger partial charge in [0.2, 0.25) is 0 Å². The minimum absolute atomic E-state index is 0.550. The molecule has 86 valence electrons. The van der Waals surface area contributed by atoms with Crippen LogP contribution in [-0.4, -0.2) is 6.03 Å². The molecule has 0 saturated heterocycles. The van der Waals surface area contributed by atoms with Gasteiger partial charge in [0.05, 0.1) is 5.69 Å². The average molecular weight is 226 g/mol. The Kier molecular flexibility index (Phi) is 3.10. The van der Waals surface area contributed by atoms with E-state index in [2.05, 4.69) is 5.32 Å². The zero-order valence-corrected chi connectivity index (χ0v) is 9.60. The summed E-state index contributed by atoms with van der Waals surface area (Å²) in [5, 5.41) is 2.64. The van der Waals surface area contributed by atoms with Crippen molar-refractivity contribution in [1.29, 1.82) is 0 Å². The highest BCUT2D eigenvalue weighted by molar-refractivity contribution is 5.93. The molecule has 0 aromatic heterocycles. The summed E-state index contributed by atoms with van der Waals surface area (Å²) in [6.45, 7) is 2.04. The van der Waals surface area contributed by atoms with E-state index in [0.29, 0.717) is 0 Å². The van der Waals surface area contributed by atoms with Gasteiger partial charge in [-0.2, -0.15) is 0 Å². The van der Waals surface area contributed by atoms with Crippen molar-refractivity contribution >= 4 is 11.7 Å². The number of carbonyl (C=O) groups excluding carboxylic acids is 1. The number of nitrogens with two attached hydrogens (primary N) is 1. The van der Waals surface area contributed by atoms with E-state index in [1.807, 2.05) is 55.5 Å². The first-order valence-corrected chi connectivity index (χ1v) is 5.40. The molecule has 0 aliphatic carbocycles. The third-order valence-electron chi connectivity index (χ3n) is 2.62. The minimum atomic E-state index is -0.550. The number of anilines is 1. The molecule has 0 saturated carbocycles. The monoisotopic (exact) mass is 226 g/mol. The molecule has 0 bridgehead atoms. The van der Waals surface area contributed by atoms with E-state index in [1.54, 1.807) is 0 Å². The van der Waals surface area contributed by atoms with Crippen LogP contribution in [0.15, 0.2) is 48.5 Å². The van der Waals surface area contributed by atoms with Gasteiger partial charge in [-0.15, -0.1) is 0 Å². The number of primary amides is 1. The Balaban J connectivity index is 2.52. The molecule has 0 unspecified atom stereocenters. The zero-order valence-electron chi connectivity index (χ0n) is 9.60.